The molecule has 2 aromatic rings. The summed E-state index contributed by atoms with van der Waals surface area (Å²) in [5.74, 6) is 0.458. The molecule has 0 radical (unpaired) electrons. The van der Waals surface area contributed by atoms with Gasteiger partial charge in [-0.3, -0.25) is 0 Å². The van der Waals surface area contributed by atoms with Crippen molar-refractivity contribution in [2.24, 2.45) is 0 Å². The highest BCUT2D eigenvalue weighted by Gasteiger charge is 2.08. The topological polar surface area (TPSA) is 22.1 Å². The van der Waals surface area contributed by atoms with Gasteiger partial charge in [0.1, 0.15) is 11.6 Å². The molecule has 2 nitrogen and oxygen atoms in total. The molecule has 0 aliphatic heterocycles. The van der Waals surface area contributed by atoms with Crippen molar-refractivity contribution in [3.63, 3.8) is 0 Å². The molecule has 18 heavy (non-hydrogen) atoms. The quantitative estimate of drug-likeness (QED) is 0.749. The lowest BCUT2D eigenvalue weighted by molar-refractivity contribution is 0.457. The lowest BCUT2D eigenvalue weighted by Crippen LogP contribution is -1.93. The van der Waals surface area contributed by atoms with Crippen molar-refractivity contribution in [2.45, 2.75) is 12.3 Å². The van der Waals surface area contributed by atoms with Crippen LogP contribution < -0.4 is 4.74 Å². The Morgan fingerprint density at radius 2 is 2.17 bits per heavy atom. The van der Waals surface area contributed by atoms with Crippen LogP contribution in [0.15, 0.2) is 30.5 Å². The van der Waals surface area contributed by atoms with Gasteiger partial charge in [0.2, 0.25) is 5.88 Å². The van der Waals surface area contributed by atoms with Gasteiger partial charge in [0, 0.05) is 17.1 Å². The first-order valence-electron chi connectivity index (χ1n) is 5.24. The van der Waals surface area contributed by atoms with Crippen molar-refractivity contribution in [3.05, 3.63) is 52.4 Å². The maximum Gasteiger partial charge on any atom is 0.222 e. The Hall–Kier alpha value is -1.13. The lowest BCUT2D eigenvalue weighted by atomic mass is 10.2. The number of pyridine rings is 1. The van der Waals surface area contributed by atoms with Crippen molar-refractivity contribution in [3.8, 4) is 11.6 Å². The zero-order valence-electron chi connectivity index (χ0n) is 9.58. The first kappa shape index (κ1) is 13.3. The summed E-state index contributed by atoms with van der Waals surface area (Å²) in [6, 6.07) is 5.95. The molecule has 0 N–H and O–H groups in total. The van der Waals surface area contributed by atoms with Gasteiger partial charge in [-0.05, 0) is 36.8 Å². The Bertz CT molecular complexity index is 577. The molecular weight excluding hydrogens is 321 g/mol. The first-order valence-corrected chi connectivity index (χ1v) is 6.74. The molecule has 1 aromatic heterocycles. The van der Waals surface area contributed by atoms with Crippen LogP contribution in [0.1, 0.15) is 11.1 Å². The van der Waals surface area contributed by atoms with Gasteiger partial charge < -0.3 is 4.74 Å². The minimum Gasteiger partial charge on any atom is -0.437 e. The molecule has 0 bridgehead atoms. The standard InChI is InChI=1S/C13H10BrClFNO/c1-8-4-9(6-14)7-17-13(8)18-12-3-2-10(16)5-11(12)15/h2-5,7H,6H2,1H3. The van der Waals surface area contributed by atoms with E-state index in [4.69, 9.17) is 16.3 Å². The van der Waals surface area contributed by atoms with E-state index >= 15 is 0 Å². The molecule has 5 heteroatoms. The molecule has 0 spiro atoms. The Labute approximate surface area is 118 Å². The van der Waals surface area contributed by atoms with E-state index in [0.717, 1.165) is 16.5 Å². The summed E-state index contributed by atoms with van der Waals surface area (Å²) in [6.07, 6.45) is 1.72. The maximum atomic E-state index is 12.9. The number of hydrogen-bond donors (Lipinski definition) is 0. The van der Waals surface area contributed by atoms with Crippen LogP contribution in [0.2, 0.25) is 5.02 Å². The maximum absolute atomic E-state index is 12.9. The molecule has 0 fully saturated rings. The van der Waals surface area contributed by atoms with Gasteiger partial charge in [0.05, 0.1) is 5.02 Å². The minimum absolute atomic E-state index is 0.223. The normalized spacial score (nSPS) is 10.4. The van der Waals surface area contributed by atoms with Gasteiger partial charge >= 0.3 is 0 Å². The summed E-state index contributed by atoms with van der Waals surface area (Å²) >= 11 is 9.25. The second-order valence-electron chi connectivity index (χ2n) is 3.78. The number of rotatable bonds is 3. The third-order valence-electron chi connectivity index (χ3n) is 2.34. The number of aryl methyl sites for hydroxylation is 1. The highest BCUT2D eigenvalue weighted by molar-refractivity contribution is 9.08. The zero-order chi connectivity index (χ0) is 13.1. The number of halogens is 3. The third-order valence-corrected chi connectivity index (χ3v) is 3.28. The molecule has 0 aliphatic carbocycles. The van der Waals surface area contributed by atoms with Gasteiger partial charge in [0.15, 0.2) is 0 Å². The molecule has 0 saturated carbocycles. The van der Waals surface area contributed by atoms with E-state index in [-0.39, 0.29) is 5.02 Å². The number of ether oxygens (including phenoxy) is 1. The van der Waals surface area contributed by atoms with Crippen LogP contribution >= 0.6 is 27.5 Å². The summed E-state index contributed by atoms with van der Waals surface area (Å²) in [5.41, 5.74) is 1.96. The van der Waals surface area contributed by atoms with E-state index in [1.165, 1.54) is 18.2 Å². The smallest absolute Gasteiger partial charge is 0.222 e. The van der Waals surface area contributed by atoms with Crippen molar-refractivity contribution in [1.82, 2.24) is 4.98 Å². The fourth-order valence-electron chi connectivity index (χ4n) is 1.46. The number of alkyl halides is 1. The molecular formula is C13H10BrClFNO. The Balaban J connectivity index is 2.28. The van der Waals surface area contributed by atoms with E-state index in [0.29, 0.717) is 11.6 Å². The first-order chi connectivity index (χ1) is 8.60. The molecule has 0 saturated heterocycles. The predicted octanol–water partition coefficient (Wildman–Crippen LogP) is 4.87. The van der Waals surface area contributed by atoms with Gasteiger partial charge in [-0.1, -0.05) is 27.5 Å². The second kappa shape index (κ2) is 5.67. The molecule has 0 aliphatic rings. The molecule has 0 amide bonds. The summed E-state index contributed by atoms with van der Waals surface area (Å²) in [7, 11) is 0. The van der Waals surface area contributed by atoms with Crippen LogP contribution in [0.5, 0.6) is 11.6 Å². The van der Waals surface area contributed by atoms with Crippen molar-refractivity contribution < 1.29 is 9.13 Å². The van der Waals surface area contributed by atoms with Gasteiger partial charge in [-0.15, -0.1) is 0 Å². The molecule has 2 rings (SSSR count). The van der Waals surface area contributed by atoms with Crippen LogP contribution in [0, 0.1) is 12.7 Å². The molecule has 0 atom stereocenters. The average Bonchev–Trinajstić information content (AvgIpc) is 2.34. The summed E-state index contributed by atoms with van der Waals surface area (Å²) in [4.78, 5) is 4.20. The Morgan fingerprint density at radius 1 is 1.39 bits per heavy atom. The second-order valence-corrected chi connectivity index (χ2v) is 4.74. The number of aromatic nitrogens is 1. The zero-order valence-corrected chi connectivity index (χ0v) is 11.9. The highest BCUT2D eigenvalue weighted by Crippen LogP contribution is 2.30. The van der Waals surface area contributed by atoms with Crippen molar-refractivity contribution in [2.75, 3.05) is 0 Å². The van der Waals surface area contributed by atoms with Crippen molar-refractivity contribution in [1.29, 1.82) is 0 Å². The fourth-order valence-corrected chi connectivity index (χ4v) is 1.97. The number of benzene rings is 1. The monoisotopic (exact) mass is 329 g/mol. The molecule has 94 valence electrons. The summed E-state index contributed by atoms with van der Waals surface area (Å²) < 4.78 is 18.5. The van der Waals surface area contributed by atoms with Gasteiger partial charge in [0.25, 0.3) is 0 Å². The predicted molar refractivity (Wildman–Crippen MR) is 73.1 cm³/mol. The van der Waals surface area contributed by atoms with E-state index in [1.807, 2.05) is 13.0 Å². The number of nitrogens with zero attached hydrogens (tertiary/aromatic N) is 1. The van der Waals surface area contributed by atoms with Crippen LogP contribution in [0.25, 0.3) is 0 Å². The Kier molecular flexibility index (Phi) is 4.19. The Morgan fingerprint density at radius 3 is 2.78 bits per heavy atom. The van der Waals surface area contributed by atoms with Crippen LogP contribution in [0.4, 0.5) is 4.39 Å². The lowest BCUT2D eigenvalue weighted by Gasteiger charge is -2.09. The summed E-state index contributed by atoms with van der Waals surface area (Å²) in [5, 5.41) is 0.957. The average molecular weight is 331 g/mol. The van der Waals surface area contributed by atoms with E-state index < -0.39 is 5.82 Å². The number of hydrogen-bond acceptors (Lipinski definition) is 2. The van der Waals surface area contributed by atoms with Gasteiger partial charge in [-0.25, -0.2) is 9.37 Å². The van der Waals surface area contributed by atoms with Crippen LogP contribution in [0.3, 0.4) is 0 Å². The minimum atomic E-state index is -0.397. The van der Waals surface area contributed by atoms with E-state index in [2.05, 4.69) is 20.9 Å². The SMILES string of the molecule is Cc1cc(CBr)cnc1Oc1ccc(F)cc1Cl. The summed E-state index contributed by atoms with van der Waals surface area (Å²) in [6.45, 7) is 1.89. The van der Waals surface area contributed by atoms with Gasteiger partial charge in [-0.2, -0.15) is 0 Å². The van der Waals surface area contributed by atoms with E-state index in [1.54, 1.807) is 6.20 Å². The molecule has 1 heterocycles. The van der Waals surface area contributed by atoms with E-state index in [9.17, 15) is 4.39 Å². The van der Waals surface area contributed by atoms with Crippen LogP contribution in [-0.4, -0.2) is 4.98 Å². The van der Waals surface area contributed by atoms with Crippen molar-refractivity contribution >= 4 is 27.5 Å². The highest BCUT2D eigenvalue weighted by atomic mass is 79.9. The molecule has 0 unspecified atom stereocenters. The fraction of sp³-hybridized carbons (Fsp3) is 0.154. The van der Waals surface area contributed by atoms with Crippen LogP contribution in [-0.2, 0) is 5.33 Å². The largest absolute Gasteiger partial charge is 0.437 e. The third kappa shape index (κ3) is 3.00. The molecule has 1 aromatic carbocycles.